The van der Waals surface area contributed by atoms with E-state index in [2.05, 4.69) is 20.4 Å². The van der Waals surface area contributed by atoms with Gasteiger partial charge in [0.15, 0.2) is 5.17 Å². The van der Waals surface area contributed by atoms with Gasteiger partial charge in [-0.25, -0.2) is 0 Å². The van der Waals surface area contributed by atoms with Crippen LogP contribution in [0.15, 0.2) is 29.3 Å². The van der Waals surface area contributed by atoms with Crippen LogP contribution >= 0.6 is 35.7 Å². The van der Waals surface area contributed by atoms with Crippen LogP contribution < -0.4 is 10.6 Å². The summed E-state index contributed by atoms with van der Waals surface area (Å²) in [5, 5.41) is 22.2. The highest BCUT2D eigenvalue weighted by atomic mass is 127. The van der Waals surface area contributed by atoms with Crippen LogP contribution in [0.4, 0.5) is 0 Å². The summed E-state index contributed by atoms with van der Waals surface area (Å²) >= 11 is 1.18. The number of benzene rings is 1. The molecule has 1 heterocycles. The van der Waals surface area contributed by atoms with Gasteiger partial charge in [0.2, 0.25) is 5.91 Å². The van der Waals surface area contributed by atoms with Gasteiger partial charge in [-0.05, 0) is 25.5 Å². The number of thioether (sulfide) groups is 1. The number of esters is 1. The monoisotopic (exact) mass is 619 g/mol. The summed E-state index contributed by atoms with van der Waals surface area (Å²) < 4.78 is 4.55. The molecule has 1 aliphatic heterocycles. The molecular weight excluding hydrogens is 589 g/mol. The zero-order valence-electron chi connectivity index (χ0n) is 19.7. The number of halogens is 1. The Balaban J connectivity index is 0.00000612. The molecule has 1 aliphatic rings. The minimum Gasteiger partial charge on any atom is -0.481 e. The van der Waals surface area contributed by atoms with Gasteiger partial charge in [-0.2, -0.15) is 4.99 Å². The molecule has 2 unspecified atom stereocenters. The van der Waals surface area contributed by atoms with E-state index in [0.717, 1.165) is 0 Å². The van der Waals surface area contributed by atoms with Crippen LogP contribution in [0.1, 0.15) is 42.1 Å². The second-order valence-corrected chi connectivity index (χ2v) is 8.69. The molecule has 2 amide bonds. The van der Waals surface area contributed by atoms with Crippen molar-refractivity contribution in [1.29, 1.82) is 5.41 Å². The highest BCUT2D eigenvalue weighted by Gasteiger charge is 2.39. The predicted molar refractivity (Wildman–Crippen MR) is 144 cm³/mol. The molecule has 2 atom stereocenters. The summed E-state index contributed by atoms with van der Waals surface area (Å²) in [6.45, 7) is 2.38. The molecule has 4 N–H and O–H groups in total. The van der Waals surface area contributed by atoms with Crippen LogP contribution in [0.2, 0.25) is 0 Å². The number of rotatable bonds is 10. The Bertz CT molecular complexity index is 972. The van der Waals surface area contributed by atoms with Crippen LogP contribution in [0.25, 0.3) is 0 Å². The Labute approximate surface area is 225 Å². The normalized spacial score (nSPS) is 17.9. The van der Waals surface area contributed by atoms with Gasteiger partial charge in [0.1, 0.15) is 11.1 Å². The highest BCUT2D eigenvalue weighted by Crippen LogP contribution is 2.31. The van der Waals surface area contributed by atoms with Gasteiger partial charge in [0, 0.05) is 43.7 Å². The predicted octanol–water partition coefficient (Wildman–Crippen LogP) is 1.70. The summed E-state index contributed by atoms with van der Waals surface area (Å²) in [5.74, 6) is -1.88. The van der Waals surface area contributed by atoms with Crippen LogP contribution in [0.5, 0.6) is 0 Å². The quantitative estimate of drug-likeness (QED) is 0.100. The Morgan fingerprint density at radius 1 is 1.11 bits per heavy atom. The molecule has 0 aliphatic carbocycles. The standard InChI is InChI=1S/C22H29N5O6S.HI/c1-13-18(21(32)25-12-10-17(30)33-3)34-22(27(13)2)26-20(31)15-8-6-14(7-9-15)19(23)24-11-4-5-16(28)29;/h6-9,13,18H,4-5,10-12H2,1-3H3,(H2,23,24)(H,25,32)(H,28,29);1H. The molecule has 0 radical (unpaired) electrons. The number of amidine groups is 2. The van der Waals surface area contributed by atoms with Gasteiger partial charge >= 0.3 is 11.9 Å². The summed E-state index contributed by atoms with van der Waals surface area (Å²) in [6, 6.07) is 6.16. The summed E-state index contributed by atoms with van der Waals surface area (Å²) in [6.07, 6.45) is 0.503. The number of nitrogens with one attached hydrogen (secondary N) is 3. The molecule has 0 spiro atoms. The van der Waals surface area contributed by atoms with Crippen LogP contribution in [-0.4, -0.2) is 83.3 Å². The van der Waals surface area contributed by atoms with Gasteiger partial charge in [0.25, 0.3) is 5.91 Å². The lowest BCUT2D eigenvalue weighted by Gasteiger charge is -2.19. The zero-order chi connectivity index (χ0) is 25.3. The van der Waals surface area contributed by atoms with E-state index in [4.69, 9.17) is 10.5 Å². The molecule has 0 saturated carbocycles. The van der Waals surface area contributed by atoms with E-state index >= 15 is 0 Å². The number of carbonyl (C=O) groups is 4. The second-order valence-electron chi connectivity index (χ2n) is 7.58. The topological polar surface area (TPSA) is 161 Å². The Morgan fingerprint density at radius 3 is 2.34 bits per heavy atom. The third-order valence-electron chi connectivity index (χ3n) is 5.18. The van der Waals surface area contributed by atoms with Crippen molar-refractivity contribution in [3.63, 3.8) is 0 Å². The van der Waals surface area contributed by atoms with Crippen molar-refractivity contribution in [1.82, 2.24) is 15.5 Å². The summed E-state index contributed by atoms with van der Waals surface area (Å²) in [5.41, 5.74) is 0.895. The fourth-order valence-electron chi connectivity index (χ4n) is 3.03. The van der Waals surface area contributed by atoms with Crippen molar-refractivity contribution in [2.45, 2.75) is 37.5 Å². The minimum absolute atomic E-state index is 0. The number of nitrogens with zero attached hydrogens (tertiary/aromatic N) is 2. The summed E-state index contributed by atoms with van der Waals surface area (Å²) in [4.78, 5) is 52.8. The number of hydrogen-bond donors (Lipinski definition) is 4. The van der Waals surface area contributed by atoms with Crippen molar-refractivity contribution in [2.24, 2.45) is 4.99 Å². The molecule has 35 heavy (non-hydrogen) atoms. The van der Waals surface area contributed by atoms with Crippen molar-refractivity contribution >= 4 is 70.5 Å². The molecule has 1 aromatic carbocycles. The van der Waals surface area contributed by atoms with E-state index in [9.17, 15) is 19.2 Å². The van der Waals surface area contributed by atoms with Crippen molar-refractivity contribution in [2.75, 3.05) is 27.2 Å². The molecule has 2 rings (SSSR count). The van der Waals surface area contributed by atoms with E-state index < -0.39 is 23.1 Å². The lowest BCUT2D eigenvalue weighted by Crippen LogP contribution is -2.41. The van der Waals surface area contributed by atoms with Crippen LogP contribution in [0, 0.1) is 5.41 Å². The van der Waals surface area contributed by atoms with Gasteiger partial charge < -0.3 is 25.4 Å². The fraction of sp³-hybridized carbons (Fsp3) is 0.455. The Morgan fingerprint density at radius 2 is 1.74 bits per heavy atom. The number of hydrogen-bond acceptors (Lipinski definition) is 7. The van der Waals surface area contributed by atoms with E-state index in [0.29, 0.717) is 29.3 Å². The van der Waals surface area contributed by atoms with Crippen molar-refractivity contribution < 1.29 is 29.0 Å². The molecule has 1 fully saturated rings. The van der Waals surface area contributed by atoms with Crippen LogP contribution in [-0.2, 0) is 19.1 Å². The van der Waals surface area contributed by atoms with Crippen LogP contribution in [0.3, 0.4) is 0 Å². The van der Waals surface area contributed by atoms with Gasteiger partial charge in [-0.15, -0.1) is 24.0 Å². The first-order chi connectivity index (χ1) is 16.1. The van der Waals surface area contributed by atoms with E-state index in [1.807, 2.05) is 6.92 Å². The Hall–Kier alpha value is -2.68. The summed E-state index contributed by atoms with van der Waals surface area (Å²) in [7, 11) is 3.04. The van der Waals surface area contributed by atoms with E-state index in [-0.39, 0.29) is 61.1 Å². The highest BCUT2D eigenvalue weighted by molar-refractivity contribution is 14.0. The largest absolute Gasteiger partial charge is 0.481 e. The van der Waals surface area contributed by atoms with E-state index in [1.165, 1.54) is 18.9 Å². The first kappa shape index (κ1) is 30.4. The number of aliphatic carboxylic acids is 1. The average Bonchev–Trinajstić information content (AvgIpc) is 3.09. The number of carboxylic acid groups (broad SMARTS) is 1. The average molecular weight is 619 g/mol. The lowest BCUT2D eigenvalue weighted by molar-refractivity contribution is -0.140. The molecule has 0 aromatic heterocycles. The first-order valence-corrected chi connectivity index (χ1v) is 11.5. The van der Waals surface area contributed by atoms with Gasteiger partial charge in [0.05, 0.1) is 13.5 Å². The van der Waals surface area contributed by atoms with Crippen molar-refractivity contribution in [3.05, 3.63) is 35.4 Å². The molecule has 1 saturated heterocycles. The molecule has 11 nitrogen and oxygen atoms in total. The third kappa shape index (κ3) is 9.12. The smallest absolute Gasteiger partial charge is 0.307 e. The molecule has 192 valence electrons. The van der Waals surface area contributed by atoms with Gasteiger partial charge in [-0.3, -0.25) is 24.6 Å². The molecular formula is C22H30IN5O6S. The number of carbonyl (C=O) groups excluding carboxylic acids is 3. The van der Waals surface area contributed by atoms with Crippen molar-refractivity contribution in [3.8, 4) is 0 Å². The van der Waals surface area contributed by atoms with E-state index in [1.54, 1.807) is 36.2 Å². The maximum atomic E-state index is 12.7. The maximum absolute atomic E-state index is 12.7. The number of amides is 2. The lowest BCUT2D eigenvalue weighted by atomic mass is 10.1. The van der Waals surface area contributed by atoms with Gasteiger partial charge in [-0.1, -0.05) is 23.9 Å². The maximum Gasteiger partial charge on any atom is 0.307 e. The SMILES string of the molecule is COC(=O)CCNC(=O)C1SC(=NC(=O)c2ccc(C(=N)NCCCC(=O)O)cc2)N(C)C1C.I. The fourth-order valence-corrected chi connectivity index (χ4v) is 4.29. The Kier molecular flexibility index (Phi) is 12.7. The molecule has 13 heteroatoms. The number of aliphatic imine (C=N–C) groups is 1. The molecule has 0 bridgehead atoms. The first-order valence-electron chi connectivity index (χ1n) is 10.7. The second kappa shape index (κ2) is 14.7. The number of methoxy groups -OCH3 is 1. The number of carboxylic acids is 1. The molecule has 1 aromatic rings. The third-order valence-corrected chi connectivity index (χ3v) is 6.64. The minimum atomic E-state index is -0.885. The zero-order valence-corrected chi connectivity index (χ0v) is 22.8. The number of ether oxygens (including phenoxy) is 1.